The van der Waals surface area contributed by atoms with Crippen molar-refractivity contribution in [2.45, 2.75) is 20.8 Å². The summed E-state index contributed by atoms with van der Waals surface area (Å²) >= 11 is 0. The number of para-hydroxylation sites is 2. The van der Waals surface area contributed by atoms with Gasteiger partial charge in [0.25, 0.3) is 0 Å². The van der Waals surface area contributed by atoms with E-state index >= 15 is 0 Å². The first-order valence-corrected chi connectivity index (χ1v) is 24.7. The largest absolute Gasteiger partial charge is 0.311 e. The minimum absolute atomic E-state index is 1.09. The molecule has 11 aromatic carbocycles. The summed E-state index contributed by atoms with van der Waals surface area (Å²) in [5, 5.41) is 0. The molecule has 0 spiro atoms. The maximum absolute atomic E-state index is 2.33. The van der Waals surface area contributed by atoms with Crippen LogP contribution in [-0.4, -0.2) is 0 Å². The van der Waals surface area contributed by atoms with Crippen LogP contribution in [0.3, 0.4) is 0 Å². The predicted octanol–water partition coefficient (Wildman–Crippen LogP) is 19.7. The maximum Gasteiger partial charge on any atom is 0.0462 e. The molecule has 0 aliphatic heterocycles. The lowest BCUT2D eigenvalue weighted by molar-refractivity contribution is 1.27. The predicted molar refractivity (Wildman–Crippen MR) is 306 cm³/mol. The molecule has 0 heterocycles. The van der Waals surface area contributed by atoms with Gasteiger partial charge in [0.05, 0.1) is 0 Å². The van der Waals surface area contributed by atoms with E-state index in [2.05, 4.69) is 315 Å². The number of rotatable bonds is 13. The Labute approximate surface area is 424 Å². The molecule has 0 aliphatic carbocycles. The second-order valence-electron chi connectivity index (χ2n) is 18.5. The molecule has 0 aromatic heterocycles. The van der Waals surface area contributed by atoms with E-state index in [1.165, 1.54) is 38.9 Å². The summed E-state index contributed by atoms with van der Waals surface area (Å²) < 4.78 is 0. The summed E-state index contributed by atoms with van der Waals surface area (Å²) in [5.41, 5.74) is 23.2. The quantitative estimate of drug-likeness (QED) is 0.114. The molecule has 11 aromatic rings. The Bertz CT molecular complexity index is 3500. The van der Waals surface area contributed by atoms with Crippen LogP contribution in [0, 0.1) is 20.8 Å². The van der Waals surface area contributed by atoms with Gasteiger partial charge in [0.1, 0.15) is 0 Å². The topological polar surface area (TPSA) is 9.72 Å². The van der Waals surface area contributed by atoms with Crippen molar-refractivity contribution in [2.24, 2.45) is 0 Å². The van der Waals surface area contributed by atoms with Gasteiger partial charge in [-0.1, -0.05) is 187 Å². The van der Waals surface area contributed by atoms with Crippen molar-refractivity contribution in [3.05, 3.63) is 296 Å². The fourth-order valence-electron chi connectivity index (χ4n) is 9.50. The van der Waals surface area contributed by atoms with E-state index in [1.807, 2.05) is 0 Å². The molecule has 0 aliphatic rings. The molecule has 0 N–H and O–H groups in total. The molecule has 346 valence electrons. The molecular formula is C69H55N3. The first kappa shape index (κ1) is 45.3. The highest BCUT2D eigenvalue weighted by Crippen LogP contribution is 2.41. The molecule has 3 nitrogen and oxygen atoms in total. The maximum atomic E-state index is 2.33. The highest BCUT2D eigenvalue weighted by molar-refractivity contribution is 5.84. The van der Waals surface area contributed by atoms with Gasteiger partial charge in [0, 0.05) is 51.2 Å². The van der Waals surface area contributed by atoms with Crippen LogP contribution in [0.1, 0.15) is 16.7 Å². The van der Waals surface area contributed by atoms with E-state index in [0.717, 1.165) is 73.4 Å². The number of nitrogens with zero attached hydrogens (tertiary/aromatic N) is 3. The van der Waals surface area contributed by atoms with Crippen molar-refractivity contribution in [3.63, 3.8) is 0 Å². The zero-order chi connectivity index (χ0) is 48.8. The zero-order valence-corrected chi connectivity index (χ0v) is 40.9. The molecule has 0 atom stereocenters. The Morgan fingerprint density at radius 2 is 0.292 bits per heavy atom. The van der Waals surface area contributed by atoms with E-state index in [0.29, 0.717) is 0 Å². The van der Waals surface area contributed by atoms with Gasteiger partial charge in [0.15, 0.2) is 0 Å². The molecule has 0 unspecified atom stereocenters. The molecule has 0 fully saturated rings. The third-order valence-electron chi connectivity index (χ3n) is 13.5. The summed E-state index contributed by atoms with van der Waals surface area (Å²) in [4.78, 5) is 6.97. The van der Waals surface area contributed by atoms with Gasteiger partial charge < -0.3 is 14.7 Å². The molecule has 0 amide bonds. The van der Waals surface area contributed by atoms with Gasteiger partial charge in [-0.05, 0) is 174 Å². The third-order valence-corrected chi connectivity index (χ3v) is 13.5. The molecule has 72 heavy (non-hydrogen) atoms. The number of hydrogen-bond acceptors (Lipinski definition) is 3. The third kappa shape index (κ3) is 9.83. The number of aryl methyl sites for hydroxylation is 3. The van der Waals surface area contributed by atoms with Crippen LogP contribution < -0.4 is 14.7 Å². The van der Waals surface area contributed by atoms with E-state index in [-0.39, 0.29) is 0 Å². The SMILES string of the molecule is Cc1ccc(-c2ccc(N(c3ccccc3)c3ccc(-c4ccc(N(c5ccccc5)c5ccc(-c6ccc(N(c7ccc(C)cc7)c7ccc(-c8ccc(C)cc8)cc7)cc6)cc5)cc4)cc3)cc2)cc1. The molecule has 0 radical (unpaired) electrons. The monoisotopic (exact) mass is 925 g/mol. The Morgan fingerprint density at radius 3 is 0.486 bits per heavy atom. The Morgan fingerprint density at radius 1 is 0.153 bits per heavy atom. The lowest BCUT2D eigenvalue weighted by Crippen LogP contribution is -2.10. The molecule has 0 saturated carbocycles. The van der Waals surface area contributed by atoms with Crippen LogP contribution >= 0.6 is 0 Å². The van der Waals surface area contributed by atoms with Crippen molar-refractivity contribution >= 4 is 51.2 Å². The summed E-state index contributed by atoms with van der Waals surface area (Å²) in [5.74, 6) is 0. The minimum Gasteiger partial charge on any atom is -0.311 e. The summed E-state index contributed by atoms with van der Waals surface area (Å²) in [7, 11) is 0. The minimum atomic E-state index is 1.09. The van der Waals surface area contributed by atoms with Crippen LogP contribution in [0.25, 0.3) is 44.5 Å². The first-order chi connectivity index (χ1) is 35.4. The number of hydrogen-bond donors (Lipinski definition) is 0. The standard InChI is InChI=1S/C69H55N3/c1-50-14-20-53(21-15-50)55-24-38-64(39-25-55)70(61-10-6-4-7-11-61)65-40-28-57(29-41-65)58-30-42-66(43-31-58)71(62-12-8-5-9-13-62)67-44-32-59(33-45-67)60-34-48-69(49-35-60)72(63-36-18-52(3)19-37-63)68-46-26-56(27-47-68)54-22-16-51(2)17-23-54/h4-49H,1-3H3. The van der Waals surface area contributed by atoms with Gasteiger partial charge in [-0.3, -0.25) is 0 Å². The lowest BCUT2D eigenvalue weighted by atomic mass is 10.0. The Kier molecular flexibility index (Phi) is 12.8. The van der Waals surface area contributed by atoms with Crippen molar-refractivity contribution in [1.29, 1.82) is 0 Å². The highest BCUT2D eigenvalue weighted by atomic mass is 15.2. The van der Waals surface area contributed by atoms with E-state index in [4.69, 9.17) is 0 Å². The summed E-state index contributed by atoms with van der Waals surface area (Å²) in [6, 6.07) is 101. The van der Waals surface area contributed by atoms with Crippen LogP contribution in [0.5, 0.6) is 0 Å². The van der Waals surface area contributed by atoms with E-state index in [1.54, 1.807) is 0 Å². The first-order valence-electron chi connectivity index (χ1n) is 24.7. The fraction of sp³-hybridized carbons (Fsp3) is 0.0435. The normalized spacial score (nSPS) is 11.0. The molecule has 0 bridgehead atoms. The van der Waals surface area contributed by atoms with Crippen LogP contribution in [-0.2, 0) is 0 Å². The average Bonchev–Trinajstić information content (AvgIpc) is 3.44. The molecule has 11 rings (SSSR count). The Balaban J connectivity index is 0.833. The Hall–Kier alpha value is -9.18. The van der Waals surface area contributed by atoms with Gasteiger partial charge >= 0.3 is 0 Å². The van der Waals surface area contributed by atoms with E-state index in [9.17, 15) is 0 Å². The van der Waals surface area contributed by atoms with Crippen molar-refractivity contribution in [1.82, 2.24) is 0 Å². The van der Waals surface area contributed by atoms with E-state index < -0.39 is 0 Å². The van der Waals surface area contributed by atoms with Crippen molar-refractivity contribution < 1.29 is 0 Å². The van der Waals surface area contributed by atoms with Crippen LogP contribution in [0.2, 0.25) is 0 Å². The zero-order valence-electron chi connectivity index (χ0n) is 40.9. The van der Waals surface area contributed by atoms with Crippen molar-refractivity contribution in [2.75, 3.05) is 14.7 Å². The number of anilines is 9. The molecule has 0 saturated heterocycles. The van der Waals surface area contributed by atoms with Crippen LogP contribution in [0.4, 0.5) is 51.2 Å². The summed E-state index contributed by atoms with van der Waals surface area (Å²) in [6.07, 6.45) is 0. The lowest BCUT2D eigenvalue weighted by Gasteiger charge is -2.26. The van der Waals surface area contributed by atoms with Gasteiger partial charge in [-0.25, -0.2) is 0 Å². The fourth-order valence-corrected chi connectivity index (χ4v) is 9.50. The molecule has 3 heteroatoms. The molecular weight excluding hydrogens is 871 g/mol. The summed E-state index contributed by atoms with van der Waals surface area (Å²) in [6.45, 7) is 6.38. The van der Waals surface area contributed by atoms with Gasteiger partial charge in [-0.2, -0.15) is 0 Å². The van der Waals surface area contributed by atoms with Crippen LogP contribution in [0.15, 0.2) is 279 Å². The second-order valence-corrected chi connectivity index (χ2v) is 18.5. The van der Waals surface area contributed by atoms with Gasteiger partial charge in [-0.15, -0.1) is 0 Å². The smallest absolute Gasteiger partial charge is 0.0462 e. The highest BCUT2D eigenvalue weighted by Gasteiger charge is 2.17. The van der Waals surface area contributed by atoms with Crippen molar-refractivity contribution in [3.8, 4) is 44.5 Å². The second kappa shape index (κ2) is 20.4. The van der Waals surface area contributed by atoms with Gasteiger partial charge in [0.2, 0.25) is 0 Å². The number of benzene rings is 11. The average molecular weight is 926 g/mol.